The lowest BCUT2D eigenvalue weighted by atomic mass is 10.1. The first kappa shape index (κ1) is 23.1. The number of hydrogen-bond donors (Lipinski definition) is 1. The minimum Gasteiger partial charge on any atom is -0.496 e. The second kappa shape index (κ2) is 10.7. The van der Waals surface area contributed by atoms with Crippen LogP contribution in [-0.2, 0) is 6.61 Å². The number of hydrazone groups is 1. The summed E-state index contributed by atoms with van der Waals surface area (Å²) in [5.74, 6) is 0.601. The molecule has 8 heteroatoms. The van der Waals surface area contributed by atoms with Crippen LogP contribution < -0.4 is 14.9 Å². The summed E-state index contributed by atoms with van der Waals surface area (Å²) in [6, 6.07) is 16.2. The number of nitrogens with one attached hydrogen (secondary N) is 1. The standard InChI is InChI=1S/C23H19BrCl2N2O3/c1-14-7-8-17(21(9-14)30-2)23(29)28-27-12-15-10-18(24)22(20(26)11-15)31-13-16-5-3-4-6-19(16)25/h3-12H,13H2,1-2H3,(H,28,29)/b27-12-. The predicted octanol–water partition coefficient (Wildman–Crippen LogP) is 6.42. The van der Waals surface area contributed by atoms with Crippen LogP contribution in [0.2, 0.25) is 10.0 Å². The molecule has 1 N–H and O–H groups in total. The lowest BCUT2D eigenvalue weighted by molar-refractivity contribution is 0.0952. The van der Waals surface area contributed by atoms with Crippen LogP contribution in [0.1, 0.15) is 27.0 Å². The molecule has 0 heterocycles. The van der Waals surface area contributed by atoms with E-state index in [9.17, 15) is 4.79 Å². The molecule has 0 radical (unpaired) electrons. The van der Waals surface area contributed by atoms with Crippen LogP contribution in [0, 0.1) is 6.92 Å². The lowest BCUT2D eigenvalue weighted by Crippen LogP contribution is -2.18. The summed E-state index contributed by atoms with van der Waals surface area (Å²) < 4.78 is 11.7. The van der Waals surface area contributed by atoms with Gasteiger partial charge in [0.2, 0.25) is 0 Å². The highest BCUT2D eigenvalue weighted by atomic mass is 79.9. The van der Waals surface area contributed by atoms with Crippen LogP contribution in [0.15, 0.2) is 64.2 Å². The largest absolute Gasteiger partial charge is 0.496 e. The highest BCUT2D eigenvalue weighted by Gasteiger charge is 2.12. The maximum Gasteiger partial charge on any atom is 0.275 e. The average molecular weight is 522 g/mol. The summed E-state index contributed by atoms with van der Waals surface area (Å²) in [7, 11) is 1.52. The van der Waals surface area contributed by atoms with Crippen LogP contribution in [0.25, 0.3) is 0 Å². The van der Waals surface area contributed by atoms with E-state index in [0.717, 1.165) is 11.1 Å². The van der Waals surface area contributed by atoms with Gasteiger partial charge in [0.05, 0.1) is 28.4 Å². The normalized spacial score (nSPS) is 10.9. The van der Waals surface area contributed by atoms with Crippen LogP contribution >= 0.6 is 39.1 Å². The van der Waals surface area contributed by atoms with Crippen molar-refractivity contribution < 1.29 is 14.3 Å². The molecule has 3 aromatic carbocycles. The predicted molar refractivity (Wildman–Crippen MR) is 128 cm³/mol. The number of aryl methyl sites for hydroxylation is 1. The Morgan fingerprint density at radius 3 is 2.61 bits per heavy atom. The van der Waals surface area contributed by atoms with Gasteiger partial charge in [0.15, 0.2) is 5.75 Å². The van der Waals surface area contributed by atoms with Crippen molar-refractivity contribution in [3.63, 3.8) is 0 Å². The highest BCUT2D eigenvalue weighted by molar-refractivity contribution is 9.10. The van der Waals surface area contributed by atoms with E-state index in [1.54, 1.807) is 30.3 Å². The Hall–Kier alpha value is -2.54. The second-order valence-corrected chi connectivity index (χ2v) is 8.27. The van der Waals surface area contributed by atoms with Gasteiger partial charge in [-0.3, -0.25) is 4.79 Å². The molecule has 5 nitrogen and oxygen atoms in total. The maximum absolute atomic E-state index is 12.4. The molecule has 0 atom stereocenters. The minimum atomic E-state index is -0.377. The molecule has 3 aromatic rings. The number of amides is 1. The third-order valence-corrected chi connectivity index (χ3v) is 5.57. The summed E-state index contributed by atoms with van der Waals surface area (Å²) in [5.41, 5.74) is 5.42. The zero-order valence-electron chi connectivity index (χ0n) is 16.8. The van der Waals surface area contributed by atoms with Crippen molar-refractivity contribution in [1.82, 2.24) is 5.43 Å². The van der Waals surface area contributed by atoms with Crippen molar-refractivity contribution in [3.05, 3.63) is 91.4 Å². The van der Waals surface area contributed by atoms with Gasteiger partial charge < -0.3 is 9.47 Å². The maximum atomic E-state index is 12.4. The number of halogens is 3. The van der Waals surface area contributed by atoms with E-state index in [0.29, 0.717) is 37.1 Å². The van der Waals surface area contributed by atoms with Crippen molar-refractivity contribution in [1.29, 1.82) is 0 Å². The van der Waals surface area contributed by atoms with Gasteiger partial charge in [-0.05, 0) is 64.3 Å². The van der Waals surface area contributed by atoms with Crippen LogP contribution in [0.5, 0.6) is 11.5 Å². The minimum absolute atomic E-state index is 0.278. The number of carbonyl (C=O) groups excluding carboxylic acids is 1. The van der Waals surface area contributed by atoms with E-state index in [1.165, 1.54) is 13.3 Å². The van der Waals surface area contributed by atoms with Crippen molar-refractivity contribution in [2.75, 3.05) is 7.11 Å². The van der Waals surface area contributed by atoms with Gasteiger partial charge in [0.25, 0.3) is 5.91 Å². The zero-order valence-corrected chi connectivity index (χ0v) is 19.9. The molecule has 160 valence electrons. The van der Waals surface area contributed by atoms with Crippen LogP contribution in [0.3, 0.4) is 0 Å². The summed E-state index contributed by atoms with van der Waals surface area (Å²) in [6.45, 7) is 2.20. The first-order valence-corrected chi connectivity index (χ1v) is 10.8. The molecule has 0 aliphatic rings. The fourth-order valence-electron chi connectivity index (χ4n) is 2.77. The number of methoxy groups -OCH3 is 1. The molecular weight excluding hydrogens is 503 g/mol. The molecule has 0 aliphatic carbocycles. The van der Waals surface area contributed by atoms with Gasteiger partial charge >= 0.3 is 0 Å². The van der Waals surface area contributed by atoms with Gasteiger partial charge in [-0.1, -0.05) is 47.5 Å². The molecule has 3 rings (SSSR count). The van der Waals surface area contributed by atoms with E-state index in [1.807, 2.05) is 31.2 Å². The summed E-state index contributed by atoms with van der Waals surface area (Å²) in [6.07, 6.45) is 1.49. The third kappa shape index (κ3) is 6.00. The Balaban J connectivity index is 1.68. The Morgan fingerprint density at radius 2 is 1.90 bits per heavy atom. The number of benzene rings is 3. The molecular formula is C23H19BrCl2N2O3. The molecule has 1 amide bonds. The van der Waals surface area contributed by atoms with Gasteiger partial charge in [-0.2, -0.15) is 5.10 Å². The summed E-state index contributed by atoms with van der Waals surface area (Å²) >= 11 is 16.0. The Morgan fingerprint density at radius 1 is 1.13 bits per heavy atom. The number of nitrogens with zero attached hydrogens (tertiary/aromatic N) is 1. The van der Waals surface area contributed by atoms with E-state index in [4.69, 9.17) is 32.7 Å². The Labute approximate surface area is 199 Å². The smallest absolute Gasteiger partial charge is 0.275 e. The quantitative estimate of drug-likeness (QED) is 0.288. The van der Waals surface area contributed by atoms with E-state index < -0.39 is 0 Å². The molecule has 0 saturated carbocycles. The third-order valence-electron chi connectivity index (χ3n) is 4.33. The molecule has 0 saturated heterocycles. The van der Waals surface area contributed by atoms with Gasteiger partial charge in [-0.15, -0.1) is 0 Å². The zero-order chi connectivity index (χ0) is 22.4. The van der Waals surface area contributed by atoms with E-state index in [2.05, 4.69) is 26.5 Å². The van der Waals surface area contributed by atoms with Gasteiger partial charge in [0, 0.05) is 10.6 Å². The highest BCUT2D eigenvalue weighted by Crippen LogP contribution is 2.35. The van der Waals surface area contributed by atoms with Gasteiger partial charge in [-0.25, -0.2) is 5.43 Å². The fraction of sp³-hybridized carbons (Fsp3) is 0.130. The summed E-state index contributed by atoms with van der Waals surface area (Å²) in [5, 5.41) is 5.04. The SMILES string of the molecule is COc1cc(C)ccc1C(=O)N/N=C\c1cc(Cl)c(OCc2ccccc2Cl)c(Br)c1. The fourth-order valence-corrected chi connectivity index (χ4v) is 3.95. The molecule has 31 heavy (non-hydrogen) atoms. The van der Waals surface area contributed by atoms with E-state index in [-0.39, 0.29) is 12.5 Å². The number of ether oxygens (including phenoxy) is 2. The molecule has 0 aliphatic heterocycles. The lowest BCUT2D eigenvalue weighted by Gasteiger charge is -2.12. The van der Waals surface area contributed by atoms with Crippen molar-refractivity contribution in [3.8, 4) is 11.5 Å². The van der Waals surface area contributed by atoms with E-state index >= 15 is 0 Å². The van der Waals surface area contributed by atoms with Crippen LogP contribution in [-0.4, -0.2) is 19.2 Å². The van der Waals surface area contributed by atoms with Crippen LogP contribution in [0.4, 0.5) is 0 Å². The molecule has 0 aromatic heterocycles. The Bertz CT molecular complexity index is 1110. The van der Waals surface area contributed by atoms with Crippen molar-refractivity contribution >= 4 is 51.3 Å². The number of carbonyl (C=O) groups is 1. The Kier molecular flexibility index (Phi) is 7.96. The second-order valence-electron chi connectivity index (χ2n) is 6.60. The van der Waals surface area contributed by atoms with Crippen molar-refractivity contribution in [2.24, 2.45) is 5.10 Å². The molecule has 0 fully saturated rings. The number of hydrogen-bond acceptors (Lipinski definition) is 4. The molecule has 0 spiro atoms. The van der Waals surface area contributed by atoms with Gasteiger partial charge in [0.1, 0.15) is 12.4 Å². The first-order chi connectivity index (χ1) is 14.9. The number of rotatable bonds is 7. The average Bonchev–Trinajstić information content (AvgIpc) is 2.74. The monoisotopic (exact) mass is 520 g/mol. The molecule has 0 unspecified atom stereocenters. The summed E-state index contributed by atoms with van der Waals surface area (Å²) in [4.78, 5) is 12.4. The van der Waals surface area contributed by atoms with Crippen molar-refractivity contribution in [2.45, 2.75) is 13.5 Å². The topological polar surface area (TPSA) is 59.9 Å². The first-order valence-electron chi connectivity index (χ1n) is 9.22. The molecule has 0 bridgehead atoms.